The third-order valence-electron chi connectivity index (χ3n) is 4.65. The van der Waals surface area contributed by atoms with E-state index < -0.39 is 6.10 Å². The third kappa shape index (κ3) is 5.29. The normalized spacial score (nSPS) is 19.1. The molecule has 1 aliphatic rings. The summed E-state index contributed by atoms with van der Waals surface area (Å²) >= 11 is 1.58. The second-order valence-electron chi connectivity index (χ2n) is 6.90. The zero-order valence-electron chi connectivity index (χ0n) is 15.6. The molecule has 7 heteroatoms. The number of hydrogen-bond acceptors (Lipinski definition) is 4. The van der Waals surface area contributed by atoms with Gasteiger partial charge in [-0.25, -0.2) is 4.39 Å². The largest absolute Gasteiger partial charge is 0.364 e. The van der Waals surface area contributed by atoms with Gasteiger partial charge in [-0.1, -0.05) is 12.1 Å². The molecule has 2 aromatic rings. The van der Waals surface area contributed by atoms with Gasteiger partial charge in [-0.3, -0.25) is 4.79 Å². The van der Waals surface area contributed by atoms with Gasteiger partial charge in [0.05, 0.1) is 12.6 Å². The van der Waals surface area contributed by atoms with Gasteiger partial charge in [0.1, 0.15) is 11.9 Å². The molecule has 27 heavy (non-hydrogen) atoms. The average Bonchev–Trinajstić information content (AvgIpc) is 3.28. The minimum absolute atomic E-state index is 0. The number of halogens is 2. The number of carbonyl (C=O) groups excluding carboxylic acids is 1. The first kappa shape index (κ1) is 21.8. The van der Waals surface area contributed by atoms with Crippen LogP contribution in [0.4, 0.5) is 4.39 Å². The van der Waals surface area contributed by atoms with E-state index in [9.17, 15) is 9.18 Å². The first-order valence-corrected chi connectivity index (χ1v) is 9.80. The zero-order valence-corrected chi connectivity index (χ0v) is 17.2. The molecule has 0 radical (unpaired) electrons. The number of rotatable bonds is 6. The predicted octanol–water partition coefficient (Wildman–Crippen LogP) is 4.22. The standard InChI is InChI=1S/C20H25FN2O2S.ClH/c1-13(2)23(20(24)18-8-6-16(11-22)25-18)12-17-7-9-19(26-17)14-4-3-5-15(21)10-14;/h3-5,7,9-10,13,16,18H,6,8,11-12,22H2,1-2H3;1H/t16-,18+;/m1./s1. The smallest absolute Gasteiger partial charge is 0.252 e. The van der Waals surface area contributed by atoms with E-state index in [1.165, 1.54) is 12.1 Å². The molecule has 0 bridgehead atoms. The van der Waals surface area contributed by atoms with Crippen molar-refractivity contribution < 1.29 is 13.9 Å². The Morgan fingerprint density at radius 3 is 2.74 bits per heavy atom. The summed E-state index contributed by atoms with van der Waals surface area (Å²) < 4.78 is 19.2. The van der Waals surface area contributed by atoms with Crippen molar-refractivity contribution in [1.82, 2.24) is 4.90 Å². The molecule has 0 spiro atoms. The van der Waals surface area contributed by atoms with Gasteiger partial charge in [0.15, 0.2) is 0 Å². The van der Waals surface area contributed by atoms with Crippen LogP contribution < -0.4 is 5.73 Å². The highest BCUT2D eigenvalue weighted by molar-refractivity contribution is 7.15. The van der Waals surface area contributed by atoms with Crippen molar-refractivity contribution in [3.8, 4) is 10.4 Å². The summed E-state index contributed by atoms with van der Waals surface area (Å²) in [6.07, 6.45) is 1.15. The van der Waals surface area contributed by atoms with E-state index >= 15 is 0 Å². The monoisotopic (exact) mass is 412 g/mol. The summed E-state index contributed by atoms with van der Waals surface area (Å²) in [6.45, 7) is 5.00. The first-order valence-electron chi connectivity index (χ1n) is 8.98. The van der Waals surface area contributed by atoms with Crippen molar-refractivity contribution in [3.63, 3.8) is 0 Å². The number of nitrogens with zero attached hydrogens (tertiary/aromatic N) is 1. The maximum absolute atomic E-state index is 13.4. The van der Waals surface area contributed by atoms with E-state index in [1.54, 1.807) is 17.4 Å². The molecule has 2 heterocycles. The lowest BCUT2D eigenvalue weighted by Crippen LogP contribution is -2.43. The Morgan fingerprint density at radius 2 is 2.11 bits per heavy atom. The molecule has 1 saturated heterocycles. The summed E-state index contributed by atoms with van der Waals surface area (Å²) in [4.78, 5) is 16.8. The molecule has 1 aliphatic heterocycles. The molecule has 0 aliphatic carbocycles. The highest BCUT2D eigenvalue weighted by Gasteiger charge is 2.34. The highest BCUT2D eigenvalue weighted by Crippen LogP contribution is 2.30. The molecule has 2 atom stereocenters. The second kappa shape index (κ2) is 9.64. The molecule has 4 nitrogen and oxygen atoms in total. The quantitative estimate of drug-likeness (QED) is 0.772. The van der Waals surface area contributed by atoms with E-state index in [1.807, 2.05) is 36.9 Å². The molecule has 148 valence electrons. The van der Waals surface area contributed by atoms with Crippen LogP contribution in [0.25, 0.3) is 10.4 Å². The van der Waals surface area contributed by atoms with Gasteiger partial charge in [-0.2, -0.15) is 0 Å². The number of amides is 1. The minimum Gasteiger partial charge on any atom is -0.364 e. The van der Waals surface area contributed by atoms with Crippen molar-refractivity contribution in [2.75, 3.05) is 6.54 Å². The molecule has 2 N–H and O–H groups in total. The molecular formula is C20H26ClFN2O2S. The average molecular weight is 413 g/mol. The maximum atomic E-state index is 13.4. The minimum atomic E-state index is -0.395. The van der Waals surface area contributed by atoms with Crippen LogP contribution in [-0.4, -0.2) is 35.6 Å². The number of nitrogens with two attached hydrogens (primary N) is 1. The van der Waals surface area contributed by atoms with Crippen LogP contribution in [0, 0.1) is 5.82 Å². The Morgan fingerprint density at radius 1 is 1.33 bits per heavy atom. The van der Waals surface area contributed by atoms with E-state index in [0.717, 1.165) is 28.2 Å². The number of thiophene rings is 1. The molecule has 0 unspecified atom stereocenters. The molecular weight excluding hydrogens is 387 g/mol. The van der Waals surface area contributed by atoms with Crippen molar-refractivity contribution >= 4 is 29.7 Å². The summed E-state index contributed by atoms with van der Waals surface area (Å²) in [7, 11) is 0. The van der Waals surface area contributed by atoms with Crippen LogP contribution in [-0.2, 0) is 16.1 Å². The topological polar surface area (TPSA) is 55.6 Å². The molecule has 3 rings (SSSR count). The molecule has 1 aromatic carbocycles. The third-order valence-corrected chi connectivity index (χ3v) is 5.77. The van der Waals surface area contributed by atoms with Gasteiger partial charge in [0.25, 0.3) is 5.91 Å². The van der Waals surface area contributed by atoms with E-state index in [2.05, 4.69) is 0 Å². The fourth-order valence-corrected chi connectivity index (χ4v) is 4.19. The second-order valence-corrected chi connectivity index (χ2v) is 8.06. The Kier molecular flexibility index (Phi) is 7.79. The van der Waals surface area contributed by atoms with E-state index in [-0.39, 0.29) is 36.3 Å². The van der Waals surface area contributed by atoms with E-state index in [4.69, 9.17) is 10.5 Å². The van der Waals surface area contributed by atoms with Gasteiger partial charge in [0.2, 0.25) is 0 Å². The van der Waals surface area contributed by atoms with Crippen molar-refractivity contribution in [2.24, 2.45) is 5.73 Å². The summed E-state index contributed by atoms with van der Waals surface area (Å²) in [5.41, 5.74) is 6.50. The number of carbonyl (C=O) groups is 1. The van der Waals surface area contributed by atoms with Gasteiger partial charge in [0, 0.05) is 22.3 Å². The Hall–Kier alpha value is -1.47. The Labute approximate surface area is 169 Å². The van der Waals surface area contributed by atoms with Gasteiger partial charge in [-0.05, 0) is 56.5 Å². The van der Waals surface area contributed by atoms with E-state index in [0.29, 0.717) is 13.1 Å². The fourth-order valence-electron chi connectivity index (χ4n) is 3.19. The van der Waals surface area contributed by atoms with Gasteiger partial charge >= 0.3 is 0 Å². The molecule has 1 amide bonds. The molecule has 0 saturated carbocycles. The first-order chi connectivity index (χ1) is 12.5. The highest BCUT2D eigenvalue weighted by atomic mass is 35.5. The van der Waals surface area contributed by atoms with Crippen LogP contribution in [0.2, 0.25) is 0 Å². The summed E-state index contributed by atoms with van der Waals surface area (Å²) in [5.74, 6) is -0.221. The Bertz CT molecular complexity index is 768. The zero-order chi connectivity index (χ0) is 18.7. The van der Waals surface area contributed by atoms with Gasteiger partial charge in [-0.15, -0.1) is 23.7 Å². The summed E-state index contributed by atoms with van der Waals surface area (Å²) in [5, 5.41) is 0. The van der Waals surface area contributed by atoms with Gasteiger partial charge < -0.3 is 15.4 Å². The molecule has 1 fully saturated rings. The SMILES string of the molecule is CC(C)N(Cc1ccc(-c2cccc(F)c2)s1)C(=O)[C@@H]1CC[C@H](CN)O1.Cl. The van der Waals surface area contributed by atoms with Crippen molar-refractivity contribution in [1.29, 1.82) is 0 Å². The van der Waals surface area contributed by atoms with Crippen molar-refractivity contribution in [2.45, 2.75) is 51.5 Å². The van der Waals surface area contributed by atoms with Crippen LogP contribution in [0.1, 0.15) is 31.6 Å². The van der Waals surface area contributed by atoms with Crippen LogP contribution >= 0.6 is 23.7 Å². The van der Waals surface area contributed by atoms with Crippen LogP contribution in [0.15, 0.2) is 36.4 Å². The number of benzene rings is 1. The van der Waals surface area contributed by atoms with Crippen molar-refractivity contribution in [3.05, 3.63) is 47.1 Å². The predicted molar refractivity (Wildman–Crippen MR) is 110 cm³/mol. The maximum Gasteiger partial charge on any atom is 0.252 e. The van der Waals surface area contributed by atoms with Crippen LogP contribution in [0.5, 0.6) is 0 Å². The molecule has 1 aromatic heterocycles. The lowest BCUT2D eigenvalue weighted by atomic mass is 10.1. The lowest BCUT2D eigenvalue weighted by Gasteiger charge is -2.29. The summed E-state index contributed by atoms with van der Waals surface area (Å²) in [6, 6.07) is 10.6. The van der Waals surface area contributed by atoms with Crippen LogP contribution in [0.3, 0.4) is 0 Å². The number of ether oxygens (including phenoxy) is 1. The number of hydrogen-bond donors (Lipinski definition) is 1. The lowest BCUT2D eigenvalue weighted by molar-refractivity contribution is -0.145. The fraction of sp³-hybridized carbons (Fsp3) is 0.450. The Balaban J connectivity index is 0.00000261.